The third kappa shape index (κ3) is 5.15. The molecule has 1 aromatic carbocycles. The van der Waals surface area contributed by atoms with E-state index in [9.17, 15) is 4.79 Å². The van der Waals surface area contributed by atoms with Gasteiger partial charge in [0, 0.05) is 30.5 Å². The number of allylic oxidation sites excluding steroid dienone is 1. The molecule has 6 heteroatoms. The van der Waals surface area contributed by atoms with Crippen LogP contribution in [0.5, 0.6) is 5.75 Å². The lowest BCUT2D eigenvalue weighted by atomic mass is 10.1. The van der Waals surface area contributed by atoms with Gasteiger partial charge in [-0.2, -0.15) is 0 Å². The number of halogens is 1. The first kappa shape index (κ1) is 17.6. The van der Waals surface area contributed by atoms with E-state index >= 15 is 0 Å². The van der Waals surface area contributed by atoms with Crippen molar-refractivity contribution in [3.8, 4) is 5.75 Å². The minimum Gasteiger partial charge on any atom is -0.491 e. The van der Waals surface area contributed by atoms with E-state index in [1.807, 2.05) is 18.2 Å². The molecule has 0 radical (unpaired) electrons. The third-order valence-electron chi connectivity index (χ3n) is 3.33. The smallest absolute Gasteiger partial charge is 0.347 e. The summed E-state index contributed by atoms with van der Waals surface area (Å²) in [6.45, 7) is 3.08. The number of hydrogen-bond donors (Lipinski definition) is 0. The van der Waals surface area contributed by atoms with Crippen LogP contribution in [0.3, 0.4) is 0 Å². The van der Waals surface area contributed by atoms with Crippen LogP contribution < -0.4 is 4.74 Å². The number of carbonyl (C=O) groups excluding carboxylic acids is 1. The molecule has 2 rings (SSSR count). The highest BCUT2D eigenvalue weighted by atomic mass is 35.5. The number of ether oxygens (including phenoxy) is 4. The first-order valence-corrected chi connectivity index (χ1v) is 7.94. The molecule has 0 saturated heterocycles. The molecule has 1 atom stereocenters. The molecule has 0 saturated carbocycles. The zero-order valence-electron chi connectivity index (χ0n) is 13.3. The molecule has 0 amide bonds. The summed E-state index contributed by atoms with van der Waals surface area (Å²) in [5.74, 6) is 1.12. The number of benzene rings is 1. The fraction of sp³-hybridized carbons (Fsp3) is 0.471. The Kier molecular flexibility index (Phi) is 6.74. The van der Waals surface area contributed by atoms with E-state index in [4.69, 9.17) is 30.5 Å². The zero-order valence-corrected chi connectivity index (χ0v) is 14.1. The van der Waals surface area contributed by atoms with Gasteiger partial charge in [0.2, 0.25) is 0 Å². The van der Waals surface area contributed by atoms with E-state index < -0.39 is 6.10 Å². The maximum atomic E-state index is 11.7. The molecule has 0 fully saturated rings. The molecular weight excluding hydrogens is 320 g/mol. The Morgan fingerprint density at radius 1 is 1.39 bits per heavy atom. The largest absolute Gasteiger partial charge is 0.491 e. The molecule has 0 N–H and O–H groups in total. The molecule has 1 heterocycles. The summed E-state index contributed by atoms with van der Waals surface area (Å²) in [5, 5.41) is 0.625. The molecule has 1 aromatic rings. The molecule has 1 aliphatic rings. The number of esters is 1. The minimum absolute atomic E-state index is 0.332. The predicted octanol–water partition coefficient (Wildman–Crippen LogP) is 3.14. The van der Waals surface area contributed by atoms with Crippen molar-refractivity contribution in [2.75, 3.05) is 26.9 Å². The molecule has 5 nitrogen and oxygen atoms in total. The van der Waals surface area contributed by atoms with Gasteiger partial charge in [-0.3, -0.25) is 0 Å². The van der Waals surface area contributed by atoms with Crippen LogP contribution in [0.25, 0.3) is 0 Å². The first-order valence-electron chi connectivity index (χ1n) is 7.56. The van der Waals surface area contributed by atoms with Gasteiger partial charge in [-0.05, 0) is 31.2 Å². The third-order valence-corrected chi connectivity index (χ3v) is 3.57. The fourth-order valence-electron chi connectivity index (χ4n) is 2.26. The number of rotatable bonds is 8. The fourth-order valence-corrected chi connectivity index (χ4v) is 2.46. The second-order valence-electron chi connectivity index (χ2n) is 5.03. The van der Waals surface area contributed by atoms with E-state index in [-0.39, 0.29) is 5.97 Å². The SMILES string of the molecule is CCOC(=O)C1CC=C(Cc2cc(Cl)ccc2OCCOC)O1. The lowest BCUT2D eigenvalue weighted by Crippen LogP contribution is -2.22. The summed E-state index contributed by atoms with van der Waals surface area (Å²) in [5.41, 5.74) is 0.907. The normalized spacial score (nSPS) is 16.7. The van der Waals surface area contributed by atoms with Crippen molar-refractivity contribution in [1.29, 1.82) is 0 Å². The van der Waals surface area contributed by atoms with Crippen LogP contribution in [0.2, 0.25) is 5.02 Å². The van der Waals surface area contributed by atoms with Gasteiger partial charge in [0.15, 0.2) is 6.10 Å². The average Bonchev–Trinajstić information content (AvgIpc) is 2.98. The minimum atomic E-state index is -0.554. The molecular formula is C17H21ClO5. The summed E-state index contributed by atoms with van der Waals surface area (Å²) >= 11 is 6.07. The van der Waals surface area contributed by atoms with Crippen LogP contribution in [0, 0.1) is 0 Å². The average molecular weight is 341 g/mol. The highest BCUT2D eigenvalue weighted by molar-refractivity contribution is 6.30. The monoisotopic (exact) mass is 340 g/mol. The summed E-state index contributed by atoms with van der Waals surface area (Å²) in [4.78, 5) is 11.7. The van der Waals surface area contributed by atoms with Crippen molar-refractivity contribution < 1.29 is 23.7 Å². The lowest BCUT2D eigenvalue weighted by Gasteiger charge is -2.14. The topological polar surface area (TPSA) is 54.0 Å². The maximum absolute atomic E-state index is 11.7. The van der Waals surface area contributed by atoms with Crippen LogP contribution in [0.4, 0.5) is 0 Å². The van der Waals surface area contributed by atoms with E-state index in [1.54, 1.807) is 20.1 Å². The number of methoxy groups -OCH3 is 1. The Balaban J connectivity index is 1.99. The van der Waals surface area contributed by atoms with Gasteiger partial charge in [0.25, 0.3) is 0 Å². The van der Waals surface area contributed by atoms with Gasteiger partial charge in [0.1, 0.15) is 12.4 Å². The van der Waals surface area contributed by atoms with E-state index in [0.717, 1.165) is 17.1 Å². The Bertz CT molecular complexity index is 570. The van der Waals surface area contributed by atoms with Gasteiger partial charge >= 0.3 is 5.97 Å². The highest BCUT2D eigenvalue weighted by Crippen LogP contribution is 2.29. The highest BCUT2D eigenvalue weighted by Gasteiger charge is 2.27. The van der Waals surface area contributed by atoms with Crippen molar-refractivity contribution in [2.45, 2.75) is 25.9 Å². The lowest BCUT2D eigenvalue weighted by molar-refractivity contribution is -0.152. The summed E-state index contributed by atoms with van der Waals surface area (Å²) in [6, 6.07) is 5.44. The second kappa shape index (κ2) is 8.79. The van der Waals surface area contributed by atoms with Crippen LogP contribution in [0.15, 0.2) is 30.0 Å². The standard InChI is InChI=1S/C17H21ClO5/c1-3-21-17(19)16-7-5-14(23-16)11-12-10-13(18)4-6-15(12)22-9-8-20-2/h4-6,10,16H,3,7-9,11H2,1-2H3. The molecule has 0 spiro atoms. The molecule has 0 aromatic heterocycles. The zero-order chi connectivity index (χ0) is 16.7. The maximum Gasteiger partial charge on any atom is 0.347 e. The molecule has 1 unspecified atom stereocenters. The molecule has 0 bridgehead atoms. The van der Waals surface area contributed by atoms with Gasteiger partial charge in [-0.15, -0.1) is 0 Å². The summed E-state index contributed by atoms with van der Waals surface area (Å²) in [7, 11) is 1.62. The Labute approximate surface area is 141 Å². The van der Waals surface area contributed by atoms with E-state index in [1.165, 1.54) is 0 Å². The predicted molar refractivity (Wildman–Crippen MR) is 86.7 cm³/mol. The van der Waals surface area contributed by atoms with Crippen molar-refractivity contribution in [1.82, 2.24) is 0 Å². The Morgan fingerprint density at radius 3 is 2.96 bits per heavy atom. The van der Waals surface area contributed by atoms with Crippen LogP contribution in [-0.4, -0.2) is 39.0 Å². The molecule has 1 aliphatic heterocycles. The quantitative estimate of drug-likeness (QED) is 0.537. The van der Waals surface area contributed by atoms with Crippen LogP contribution in [0.1, 0.15) is 18.9 Å². The molecule has 126 valence electrons. The van der Waals surface area contributed by atoms with Gasteiger partial charge < -0.3 is 18.9 Å². The van der Waals surface area contributed by atoms with Crippen LogP contribution >= 0.6 is 11.6 Å². The second-order valence-corrected chi connectivity index (χ2v) is 5.47. The first-order chi connectivity index (χ1) is 11.1. The van der Waals surface area contributed by atoms with Crippen molar-refractivity contribution in [3.05, 3.63) is 40.6 Å². The van der Waals surface area contributed by atoms with E-state index in [0.29, 0.717) is 37.7 Å². The summed E-state index contributed by atoms with van der Waals surface area (Å²) in [6.07, 6.45) is 2.39. The van der Waals surface area contributed by atoms with Crippen molar-refractivity contribution in [2.24, 2.45) is 0 Å². The van der Waals surface area contributed by atoms with Crippen LogP contribution in [-0.2, 0) is 25.4 Å². The van der Waals surface area contributed by atoms with Gasteiger partial charge in [-0.25, -0.2) is 4.79 Å². The van der Waals surface area contributed by atoms with Crippen molar-refractivity contribution >= 4 is 17.6 Å². The van der Waals surface area contributed by atoms with Gasteiger partial charge in [-0.1, -0.05) is 11.6 Å². The van der Waals surface area contributed by atoms with E-state index in [2.05, 4.69) is 0 Å². The summed E-state index contributed by atoms with van der Waals surface area (Å²) < 4.78 is 21.3. The number of hydrogen-bond acceptors (Lipinski definition) is 5. The Morgan fingerprint density at radius 2 is 2.22 bits per heavy atom. The number of carbonyl (C=O) groups is 1. The Hall–Kier alpha value is -1.72. The van der Waals surface area contributed by atoms with Crippen molar-refractivity contribution in [3.63, 3.8) is 0 Å². The molecule has 0 aliphatic carbocycles. The van der Waals surface area contributed by atoms with Gasteiger partial charge in [0.05, 0.1) is 19.0 Å². The molecule has 23 heavy (non-hydrogen) atoms.